The highest BCUT2D eigenvalue weighted by Crippen LogP contribution is 2.56. The number of fused-ring (bicyclic) bond motifs is 1. The molecule has 4 heterocycles. The maximum Gasteiger partial charge on any atom is 0.263 e. The van der Waals surface area contributed by atoms with Crippen LogP contribution in [0.5, 0.6) is 0 Å². The second-order valence-electron chi connectivity index (χ2n) is 13.6. The van der Waals surface area contributed by atoms with Crippen molar-refractivity contribution in [3.05, 3.63) is 80.3 Å². The van der Waals surface area contributed by atoms with Gasteiger partial charge in [0.1, 0.15) is 16.5 Å². The highest BCUT2D eigenvalue weighted by Gasteiger charge is 2.54. The normalized spacial score (nSPS) is 30.4. The molecule has 240 valence electrons. The fourth-order valence-electron chi connectivity index (χ4n) is 7.55. The van der Waals surface area contributed by atoms with Crippen molar-refractivity contribution in [1.82, 2.24) is 19.6 Å². The van der Waals surface area contributed by atoms with Crippen molar-refractivity contribution in [2.75, 3.05) is 20.1 Å². The summed E-state index contributed by atoms with van der Waals surface area (Å²) in [6.07, 6.45) is 1.49. The first-order chi connectivity index (χ1) is 21.3. The molecule has 0 aromatic heterocycles. The molecule has 4 aliphatic rings. The fourth-order valence-corrected chi connectivity index (χ4v) is 9.15. The highest BCUT2D eigenvalue weighted by atomic mass is 35.5. The minimum Gasteiger partial charge on any atom is -0.335 e. The van der Waals surface area contributed by atoms with Crippen LogP contribution in [0.3, 0.4) is 0 Å². The molecule has 2 aromatic carbocycles. The lowest BCUT2D eigenvalue weighted by atomic mass is 9.81. The second kappa shape index (κ2) is 12.3. The first kappa shape index (κ1) is 32.4. The van der Waals surface area contributed by atoms with Crippen LogP contribution in [0.2, 0.25) is 10.0 Å². The average Bonchev–Trinajstić information content (AvgIpc) is 3.64. The van der Waals surface area contributed by atoms with Gasteiger partial charge in [-0.05, 0) is 101 Å². The molecule has 0 spiro atoms. The number of amides is 2. The largest absolute Gasteiger partial charge is 0.335 e. The van der Waals surface area contributed by atoms with Crippen LogP contribution < -0.4 is 0 Å². The average molecular weight is 669 g/mol. The van der Waals surface area contributed by atoms with E-state index in [4.69, 9.17) is 28.2 Å². The van der Waals surface area contributed by atoms with Crippen LogP contribution in [0.4, 0.5) is 0 Å². The zero-order chi connectivity index (χ0) is 32.4. The van der Waals surface area contributed by atoms with Crippen LogP contribution in [-0.2, 0) is 15.1 Å². The molecular formula is C35H43Cl2N5O2S. The second-order valence-corrected chi connectivity index (χ2v) is 15.5. The molecule has 0 saturated carbocycles. The van der Waals surface area contributed by atoms with E-state index in [1.165, 1.54) is 11.8 Å². The number of amidine groups is 1. The highest BCUT2D eigenvalue weighted by molar-refractivity contribution is 8.18. The molecule has 6 rings (SSSR count). The van der Waals surface area contributed by atoms with Crippen molar-refractivity contribution in [3.63, 3.8) is 0 Å². The predicted octanol–water partition coefficient (Wildman–Crippen LogP) is 7.17. The molecule has 45 heavy (non-hydrogen) atoms. The smallest absolute Gasteiger partial charge is 0.263 e. The Kier molecular flexibility index (Phi) is 8.83. The van der Waals surface area contributed by atoms with Gasteiger partial charge in [0.25, 0.3) is 5.91 Å². The van der Waals surface area contributed by atoms with Crippen molar-refractivity contribution in [1.29, 1.82) is 0 Å². The van der Waals surface area contributed by atoms with Gasteiger partial charge in [0.2, 0.25) is 5.91 Å². The van der Waals surface area contributed by atoms with Crippen molar-refractivity contribution in [3.8, 4) is 0 Å². The molecule has 6 atom stereocenters. The molecule has 7 nitrogen and oxygen atoms in total. The van der Waals surface area contributed by atoms with Gasteiger partial charge in [0, 0.05) is 47.0 Å². The van der Waals surface area contributed by atoms with Gasteiger partial charge in [-0.3, -0.25) is 14.5 Å². The molecule has 2 saturated heterocycles. The summed E-state index contributed by atoms with van der Waals surface area (Å²) in [7, 11) is 2.11. The van der Waals surface area contributed by atoms with Gasteiger partial charge in [-0.1, -0.05) is 61.3 Å². The summed E-state index contributed by atoms with van der Waals surface area (Å²) in [5, 5.41) is 2.14. The van der Waals surface area contributed by atoms with E-state index in [1.807, 2.05) is 46.2 Å². The maximum atomic E-state index is 14.7. The quantitative estimate of drug-likeness (QED) is 0.339. The number of piperazine rings is 1. The Morgan fingerprint density at radius 1 is 0.911 bits per heavy atom. The molecule has 0 radical (unpaired) electrons. The van der Waals surface area contributed by atoms with Gasteiger partial charge < -0.3 is 14.7 Å². The number of thioether (sulfide) groups is 1. The van der Waals surface area contributed by atoms with Gasteiger partial charge >= 0.3 is 0 Å². The number of halogens is 2. The Balaban J connectivity index is 1.39. The molecule has 2 amide bonds. The van der Waals surface area contributed by atoms with Crippen molar-refractivity contribution < 1.29 is 9.59 Å². The van der Waals surface area contributed by atoms with Crippen LogP contribution in [0.25, 0.3) is 0 Å². The first-order valence-corrected chi connectivity index (χ1v) is 17.5. The topological polar surface area (TPSA) is 59.5 Å². The summed E-state index contributed by atoms with van der Waals surface area (Å²) in [6.45, 7) is 14.3. The number of nitrogens with zero attached hydrogens (tertiary/aromatic N) is 5. The fraction of sp³-hybridized carbons (Fsp3) is 0.514. The van der Waals surface area contributed by atoms with Crippen LogP contribution >= 0.6 is 35.0 Å². The zero-order valence-electron chi connectivity index (χ0n) is 27.1. The summed E-state index contributed by atoms with van der Waals surface area (Å²) in [5.41, 5.74) is 2.42. The minimum atomic E-state index is -0.636. The van der Waals surface area contributed by atoms with E-state index in [1.54, 1.807) is 0 Å². The standard InChI is InChI=1S/C35H43Cl2N5O2S/c1-20(2)29-30(33(44)41-21(3)8-17-28(41)32(43)40-19-22(4)39(7)18-23(40)5)45-34-38-35(6,25-11-15-27(37)16-12-25)31(42(29)34)24-9-13-26(36)14-10-24/h9-16,20-23,28,31H,8,17-19H2,1-7H3/t21-,22-,23-,28+,31-,35-/m1/s1. The lowest BCUT2D eigenvalue weighted by molar-refractivity contribution is -0.147. The van der Waals surface area contributed by atoms with Crippen LogP contribution in [0.1, 0.15) is 71.6 Å². The third kappa shape index (κ3) is 5.60. The van der Waals surface area contributed by atoms with E-state index in [9.17, 15) is 9.59 Å². The van der Waals surface area contributed by atoms with E-state index >= 15 is 0 Å². The summed E-state index contributed by atoms with van der Waals surface area (Å²) in [6, 6.07) is 15.5. The molecule has 0 unspecified atom stereocenters. The maximum absolute atomic E-state index is 14.7. The molecule has 4 aliphatic heterocycles. The first-order valence-electron chi connectivity index (χ1n) is 16.0. The van der Waals surface area contributed by atoms with Crippen LogP contribution in [0, 0.1) is 5.92 Å². The number of carbonyl (C=O) groups is 2. The van der Waals surface area contributed by atoms with Crippen LogP contribution in [-0.4, -0.2) is 80.9 Å². The van der Waals surface area contributed by atoms with Crippen LogP contribution in [0.15, 0.2) is 64.1 Å². The predicted molar refractivity (Wildman–Crippen MR) is 184 cm³/mol. The molecule has 10 heteroatoms. The van der Waals surface area contributed by atoms with Gasteiger partial charge in [0.05, 0.1) is 6.04 Å². The number of likely N-dealkylation sites (tertiary alicyclic amines) is 1. The Bertz CT molecular complexity index is 1540. The third-order valence-electron chi connectivity index (χ3n) is 10.1. The minimum absolute atomic E-state index is 0.0306. The Morgan fingerprint density at radius 2 is 1.53 bits per heavy atom. The van der Waals surface area contributed by atoms with Gasteiger partial charge in [-0.15, -0.1) is 0 Å². The Hall–Kier alpha value is -2.52. The molecule has 0 N–H and O–H groups in total. The summed E-state index contributed by atoms with van der Waals surface area (Å²) in [5.74, 6) is 0.0427. The molecular weight excluding hydrogens is 625 g/mol. The van der Waals surface area contributed by atoms with Crippen molar-refractivity contribution >= 4 is 51.9 Å². The number of rotatable bonds is 5. The van der Waals surface area contributed by atoms with Gasteiger partial charge in [-0.2, -0.15) is 0 Å². The number of hydrogen-bond acceptors (Lipinski definition) is 6. The third-order valence-corrected chi connectivity index (χ3v) is 11.7. The van der Waals surface area contributed by atoms with E-state index in [0.29, 0.717) is 27.9 Å². The van der Waals surface area contributed by atoms with Crippen molar-refractivity contribution in [2.45, 2.75) is 90.1 Å². The lowest BCUT2D eigenvalue weighted by Gasteiger charge is -2.44. The number of benzene rings is 2. The summed E-state index contributed by atoms with van der Waals surface area (Å²) >= 11 is 14.1. The zero-order valence-corrected chi connectivity index (χ0v) is 29.5. The summed E-state index contributed by atoms with van der Waals surface area (Å²) in [4.78, 5) is 43.3. The number of carbonyl (C=O) groups excluding carboxylic acids is 2. The van der Waals surface area contributed by atoms with E-state index < -0.39 is 11.6 Å². The van der Waals surface area contributed by atoms with Gasteiger partial charge in [-0.25, -0.2) is 4.99 Å². The molecule has 2 aromatic rings. The van der Waals surface area contributed by atoms with Crippen molar-refractivity contribution in [2.24, 2.45) is 10.9 Å². The van der Waals surface area contributed by atoms with E-state index in [0.717, 1.165) is 35.0 Å². The molecule has 2 fully saturated rings. The number of hydrogen-bond donors (Lipinski definition) is 0. The molecule has 0 aliphatic carbocycles. The Morgan fingerprint density at radius 3 is 2.16 bits per heavy atom. The number of likely N-dealkylation sites (N-methyl/N-ethyl adjacent to an activating group) is 1. The lowest BCUT2D eigenvalue weighted by Crippen LogP contribution is -2.60. The van der Waals surface area contributed by atoms with E-state index in [-0.39, 0.29) is 41.9 Å². The number of aliphatic imine (C=N–C) groups is 1. The molecule has 0 bridgehead atoms. The Labute approximate surface area is 281 Å². The summed E-state index contributed by atoms with van der Waals surface area (Å²) < 4.78 is 0. The van der Waals surface area contributed by atoms with E-state index in [2.05, 4.69) is 70.5 Å². The monoisotopic (exact) mass is 667 g/mol. The number of allylic oxidation sites excluding steroid dienone is 1. The SMILES string of the molecule is CC(C)C1=C(C(=O)N2[C@H](C)CC[C@H]2C(=O)N2C[C@@H](C)N(C)C[C@H]2C)SC2=N[C@](C)(c3ccc(Cl)cc3)[C@@H](c3ccc(Cl)cc3)N21. The van der Waals surface area contributed by atoms with Gasteiger partial charge in [0.15, 0.2) is 5.17 Å².